The molecular weight excluding hydrogens is 476 g/mol. The molecule has 0 N–H and O–H groups in total. The van der Waals surface area contributed by atoms with Crippen molar-refractivity contribution in [2.24, 2.45) is 4.99 Å². The zero-order chi connectivity index (χ0) is 23.6. The highest BCUT2D eigenvalue weighted by Gasteiger charge is 2.33. The van der Waals surface area contributed by atoms with Crippen molar-refractivity contribution < 1.29 is 22.6 Å². The van der Waals surface area contributed by atoms with E-state index in [0.29, 0.717) is 21.5 Å². The molecule has 2 heterocycles. The van der Waals surface area contributed by atoms with E-state index in [4.69, 9.17) is 32.9 Å². The summed E-state index contributed by atoms with van der Waals surface area (Å²) >= 11 is 12.5. The van der Waals surface area contributed by atoms with Crippen LogP contribution in [0.2, 0.25) is 10.0 Å². The van der Waals surface area contributed by atoms with Crippen LogP contribution >= 0.6 is 23.2 Å². The molecule has 172 valence electrons. The van der Waals surface area contributed by atoms with Crippen LogP contribution in [0.1, 0.15) is 30.9 Å². The highest BCUT2D eigenvalue weighted by atomic mass is 35.5. The van der Waals surface area contributed by atoms with Crippen LogP contribution < -0.4 is 4.74 Å². The largest absolute Gasteiger partial charge is 0.573 e. The average Bonchev–Trinajstić information content (AvgIpc) is 3.09. The number of halogens is 5. The zero-order valence-corrected chi connectivity index (χ0v) is 19.0. The highest BCUT2D eigenvalue weighted by Crippen LogP contribution is 2.33. The Bertz CT molecular complexity index is 1140. The summed E-state index contributed by atoms with van der Waals surface area (Å²) in [6.45, 7) is 1.93. The van der Waals surface area contributed by atoms with E-state index in [1.54, 1.807) is 12.1 Å². The summed E-state index contributed by atoms with van der Waals surface area (Å²) in [5, 5.41) is 0.729. The minimum atomic E-state index is -4.72. The standard InChI is InChI=1S/C24H19Cl2F3N2O2/c1-14-22(31-23(32-14)21-19(25)12-30-13-20(21)26)17-5-3-2-4-15(6-7-17)16-8-10-18(11-9-16)33-24(27,28)29/h2,4,6-14,22H,3,5H2,1H3/b4-2-,15-6+,17-7+/t14?,22-/m1/s1. The number of ether oxygens (including phenoxy) is 2. The summed E-state index contributed by atoms with van der Waals surface area (Å²) in [5.74, 6) is 0.123. The smallest absolute Gasteiger partial charge is 0.472 e. The lowest BCUT2D eigenvalue weighted by Crippen LogP contribution is -2.21. The van der Waals surface area contributed by atoms with E-state index in [1.807, 2.05) is 31.2 Å². The monoisotopic (exact) mass is 494 g/mol. The van der Waals surface area contributed by atoms with Gasteiger partial charge in [-0.3, -0.25) is 4.98 Å². The minimum Gasteiger partial charge on any atom is -0.472 e. The van der Waals surface area contributed by atoms with E-state index in [-0.39, 0.29) is 17.9 Å². The maximum Gasteiger partial charge on any atom is 0.573 e. The van der Waals surface area contributed by atoms with Crippen LogP contribution in [0.5, 0.6) is 5.75 Å². The van der Waals surface area contributed by atoms with Crippen molar-refractivity contribution >= 4 is 34.7 Å². The van der Waals surface area contributed by atoms with Crippen LogP contribution in [0.15, 0.2) is 71.5 Å². The lowest BCUT2D eigenvalue weighted by Gasteiger charge is -2.17. The molecule has 4 rings (SSSR count). The molecule has 0 spiro atoms. The fourth-order valence-electron chi connectivity index (χ4n) is 3.71. The second-order valence-corrected chi connectivity index (χ2v) is 8.37. The third-order valence-electron chi connectivity index (χ3n) is 5.24. The molecule has 1 aliphatic carbocycles. The Hall–Kier alpha value is -2.77. The maximum atomic E-state index is 12.4. The number of aliphatic imine (C=N–C) groups is 1. The van der Waals surface area contributed by atoms with Gasteiger partial charge in [0.1, 0.15) is 17.9 Å². The number of allylic oxidation sites excluding steroid dienone is 5. The minimum absolute atomic E-state index is 0.216. The van der Waals surface area contributed by atoms with E-state index < -0.39 is 6.36 Å². The van der Waals surface area contributed by atoms with E-state index in [9.17, 15) is 13.2 Å². The highest BCUT2D eigenvalue weighted by molar-refractivity contribution is 6.39. The molecule has 9 heteroatoms. The zero-order valence-electron chi connectivity index (χ0n) is 17.4. The molecule has 0 bridgehead atoms. The van der Waals surface area contributed by atoms with Crippen LogP contribution in [-0.2, 0) is 4.74 Å². The molecule has 1 aliphatic heterocycles. The van der Waals surface area contributed by atoms with Gasteiger partial charge in [-0.2, -0.15) is 0 Å². The molecule has 0 saturated carbocycles. The van der Waals surface area contributed by atoms with Crippen molar-refractivity contribution in [2.75, 3.05) is 0 Å². The van der Waals surface area contributed by atoms with Gasteiger partial charge in [-0.15, -0.1) is 13.2 Å². The molecule has 33 heavy (non-hydrogen) atoms. The summed E-state index contributed by atoms with van der Waals surface area (Å²) < 4.78 is 47.1. The van der Waals surface area contributed by atoms with E-state index in [0.717, 1.165) is 29.6 Å². The molecule has 1 aromatic carbocycles. The number of hydrogen-bond donors (Lipinski definition) is 0. The Labute approximate surface area is 199 Å². The van der Waals surface area contributed by atoms with Gasteiger partial charge >= 0.3 is 6.36 Å². The number of benzene rings is 1. The predicted molar refractivity (Wildman–Crippen MR) is 123 cm³/mol. The van der Waals surface area contributed by atoms with Gasteiger partial charge in [0.2, 0.25) is 5.90 Å². The van der Waals surface area contributed by atoms with Crippen molar-refractivity contribution in [3.05, 3.63) is 87.7 Å². The third kappa shape index (κ3) is 5.60. The Balaban J connectivity index is 1.60. The van der Waals surface area contributed by atoms with Gasteiger partial charge in [0.05, 0.1) is 15.6 Å². The van der Waals surface area contributed by atoms with E-state index in [2.05, 4.69) is 9.72 Å². The summed E-state index contributed by atoms with van der Waals surface area (Å²) in [6.07, 6.45) is 7.51. The fourth-order valence-corrected chi connectivity index (χ4v) is 4.24. The second kappa shape index (κ2) is 9.61. The molecule has 0 fully saturated rings. The molecule has 2 atom stereocenters. The van der Waals surface area contributed by atoms with E-state index >= 15 is 0 Å². The quantitative estimate of drug-likeness (QED) is 0.451. The van der Waals surface area contributed by atoms with Crippen molar-refractivity contribution in [2.45, 2.75) is 38.3 Å². The Kier molecular flexibility index (Phi) is 6.81. The lowest BCUT2D eigenvalue weighted by atomic mass is 9.94. The van der Waals surface area contributed by atoms with E-state index in [1.165, 1.54) is 24.5 Å². The summed E-state index contributed by atoms with van der Waals surface area (Å²) in [4.78, 5) is 8.72. The molecule has 2 aromatic rings. The van der Waals surface area contributed by atoms with Gasteiger partial charge in [0, 0.05) is 12.4 Å². The maximum absolute atomic E-state index is 12.4. The Morgan fingerprint density at radius 2 is 1.76 bits per heavy atom. The number of pyridine rings is 1. The SMILES string of the molecule is CC1OC(c2c(Cl)cncc2Cl)=N[C@H]1/C1=C/C=C(c2ccc(OC(F)(F)F)cc2)\C=C/CC1. The molecule has 0 amide bonds. The van der Waals surface area contributed by atoms with Gasteiger partial charge in [0.25, 0.3) is 0 Å². The first-order valence-corrected chi connectivity index (χ1v) is 10.9. The van der Waals surface area contributed by atoms with Crippen LogP contribution in [0.4, 0.5) is 13.2 Å². The topological polar surface area (TPSA) is 43.7 Å². The third-order valence-corrected chi connectivity index (χ3v) is 5.81. The van der Waals surface area contributed by atoms with Gasteiger partial charge in [-0.25, -0.2) is 4.99 Å². The summed E-state index contributed by atoms with van der Waals surface area (Å²) in [5.41, 5.74) is 3.22. The first kappa shape index (κ1) is 23.4. The summed E-state index contributed by atoms with van der Waals surface area (Å²) in [7, 11) is 0. The van der Waals surface area contributed by atoms with Crippen LogP contribution in [0.25, 0.3) is 5.57 Å². The first-order chi connectivity index (χ1) is 15.7. The molecule has 1 unspecified atom stereocenters. The lowest BCUT2D eigenvalue weighted by molar-refractivity contribution is -0.274. The van der Waals surface area contributed by atoms with Crippen molar-refractivity contribution in [3.8, 4) is 5.75 Å². The number of aromatic nitrogens is 1. The van der Waals surface area contributed by atoms with Gasteiger partial charge in [0.15, 0.2) is 0 Å². The van der Waals surface area contributed by atoms with Crippen LogP contribution in [0.3, 0.4) is 0 Å². The number of alkyl halides is 3. The fraction of sp³-hybridized carbons (Fsp3) is 0.250. The molecule has 0 radical (unpaired) electrons. The molecule has 0 saturated heterocycles. The van der Waals surface area contributed by atoms with Gasteiger partial charge < -0.3 is 9.47 Å². The Morgan fingerprint density at radius 3 is 2.42 bits per heavy atom. The van der Waals surface area contributed by atoms with Crippen molar-refractivity contribution in [3.63, 3.8) is 0 Å². The first-order valence-electron chi connectivity index (χ1n) is 10.2. The van der Waals surface area contributed by atoms with Crippen molar-refractivity contribution in [1.29, 1.82) is 0 Å². The van der Waals surface area contributed by atoms with Crippen LogP contribution in [0, 0.1) is 0 Å². The van der Waals surface area contributed by atoms with Crippen LogP contribution in [-0.4, -0.2) is 29.4 Å². The van der Waals surface area contributed by atoms with Crippen molar-refractivity contribution in [1.82, 2.24) is 4.98 Å². The normalized spacial score (nSPS) is 25.0. The molecule has 1 aromatic heterocycles. The van der Waals surface area contributed by atoms with Gasteiger partial charge in [-0.1, -0.05) is 59.6 Å². The number of hydrogen-bond acceptors (Lipinski definition) is 4. The Morgan fingerprint density at radius 1 is 1.06 bits per heavy atom. The summed E-state index contributed by atoms with van der Waals surface area (Å²) in [6, 6.07) is 5.57. The molecule has 2 aliphatic rings. The second-order valence-electron chi connectivity index (χ2n) is 7.56. The molecular formula is C24H19Cl2F3N2O2. The van der Waals surface area contributed by atoms with Gasteiger partial charge in [-0.05, 0) is 48.6 Å². The average molecular weight is 495 g/mol. The predicted octanol–water partition coefficient (Wildman–Crippen LogP) is 7.18. The number of rotatable bonds is 4. The molecule has 4 nitrogen and oxygen atoms in total. The number of nitrogens with zero attached hydrogens (tertiary/aromatic N) is 2.